The van der Waals surface area contributed by atoms with Crippen molar-refractivity contribution in [3.05, 3.63) is 66.1 Å². The maximum absolute atomic E-state index is 6.77. The molecule has 0 unspecified atom stereocenters. The zero-order valence-electron chi connectivity index (χ0n) is 19.3. The van der Waals surface area contributed by atoms with Gasteiger partial charge in [-0.05, 0) is 42.5 Å². The fourth-order valence-corrected chi connectivity index (χ4v) is 5.76. The second-order valence-corrected chi connectivity index (χ2v) is 9.76. The highest BCUT2D eigenvalue weighted by Crippen LogP contribution is 2.32. The summed E-state index contributed by atoms with van der Waals surface area (Å²) in [5, 5.41) is 7.63. The third-order valence-corrected chi connectivity index (χ3v) is 7.62. The molecule has 7 heteroatoms. The first-order valence-electron chi connectivity index (χ1n) is 12.3. The van der Waals surface area contributed by atoms with E-state index in [1.165, 1.54) is 32.1 Å². The van der Waals surface area contributed by atoms with Gasteiger partial charge >= 0.3 is 0 Å². The molecule has 6 nitrogen and oxygen atoms in total. The molecule has 174 valence electrons. The van der Waals surface area contributed by atoms with Crippen LogP contribution in [0.3, 0.4) is 0 Å². The number of rotatable bonds is 4. The summed E-state index contributed by atoms with van der Waals surface area (Å²) in [6.45, 7) is 4.28. The molecule has 2 fully saturated rings. The van der Waals surface area contributed by atoms with Crippen LogP contribution in [-0.4, -0.2) is 56.9 Å². The molecule has 0 atom stereocenters. The van der Waals surface area contributed by atoms with Crippen LogP contribution in [0.25, 0.3) is 28.0 Å². The van der Waals surface area contributed by atoms with E-state index in [-0.39, 0.29) is 0 Å². The summed E-state index contributed by atoms with van der Waals surface area (Å²) in [5.41, 5.74) is 2.01. The maximum Gasteiger partial charge on any atom is 0.181 e. The first-order chi connectivity index (χ1) is 16.8. The van der Waals surface area contributed by atoms with Crippen LogP contribution in [0.15, 0.2) is 61.1 Å². The molecule has 1 saturated carbocycles. The zero-order valence-corrected chi connectivity index (χ0v) is 20.0. The number of hydrogen-bond donors (Lipinski definition) is 0. The van der Waals surface area contributed by atoms with Crippen molar-refractivity contribution in [2.24, 2.45) is 0 Å². The molecule has 2 aliphatic rings. The second kappa shape index (κ2) is 9.35. The molecule has 0 bridgehead atoms. The van der Waals surface area contributed by atoms with Gasteiger partial charge in [-0.1, -0.05) is 55.1 Å². The molecule has 0 radical (unpaired) electrons. The Hall–Kier alpha value is -2.96. The summed E-state index contributed by atoms with van der Waals surface area (Å²) < 4.78 is 1.74. The molecule has 0 spiro atoms. The smallest absolute Gasteiger partial charge is 0.181 e. The predicted molar refractivity (Wildman–Crippen MR) is 138 cm³/mol. The Bertz CT molecular complexity index is 1280. The van der Waals surface area contributed by atoms with E-state index in [0.717, 1.165) is 65.1 Å². The number of nitrogens with zero attached hydrogens (tertiary/aromatic N) is 6. The lowest BCUT2D eigenvalue weighted by Crippen LogP contribution is -2.50. The molecule has 6 rings (SSSR count). The number of aromatic nitrogens is 4. The van der Waals surface area contributed by atoms with Crippen LogP contribution < -0.4 is 4.90 Å². The quantitative estimate of drug-likeness (QED) is 0.387. The molecule has 0 amide bonds. The normalized spacial score (nSPS) is 18.0. The largest absolute Gasteiger partial charge is 0.368 e. The van der Waals surface area contributed by atoms with Crippen LogP contribution in [-0.2, 0) is 0 Å². The molecule has 34 heavy (non-hydrogen) atoms. The van der Waals surface area contributed by atoms with Crippen LogP contribution >= 0.6 is 11.6 Å². The van der Waals surface area contributed by atoms with Crippen molar-refractivity contribution in [3.8, 4) is 17.2 Å². The summed E-state index contributed by atoms with van der Waals surface area (Å²) >= 11 is 6.77. The van der Waals surface area contributed by atoms with Gasteiger partial charge in [-0.15, -0.1) is 5.10 Å². The lowest BCUT2D eigenvalue weighted by molar-refractivity contribution is 0.148. The number of hydrogen-bond acceptors (Lipinski definition) is 5. The number of fused-ring (bicyclic) bond motifs is 1. The first-order valence-corrected chi connectivity index (χ1v) is 12.7. The van der Waals surface area contributed by atoms with Gasteiger partial charge in [0.25, 0.3) is 0 Å². The SMILES string of the molecule is Clc1cc(-c2ncn(-c3nccc4ccccc34)n2)ccc1N1CCN(C2CCCCC2)CC1. The summed E-state index contributed by atoms with van der Waals surface area (Å²) in [7, 11) is 0. The molecule has 2 aromatic carbocycles. The summed E-state index contributed by atoms with van der Waals surface area (Å²) in [5.74, 6) is 1.42. The highest BCUT2D eigenvalue weighted by atomic mass is 35.5. The Labute approximate surface area is 205 Å². The lowest BCUT2D eigenvalue weighted by atomic mass is 9.94. The van der Waals surface area contributed by atoms with E-state index in [9.17, 15) is 0 Å². The lowest BCUT2D eigenvalue weighted by Gasteiger charge is -2.41. The molecule has 2 aromatic heterocycles. The molecular formula is C27H29ClN6. The van der Waals surface area contributed by atoms with E-state index in [1.807, 2.05) is 24.3 Å². The molecule has 1 aliphatic heterocycles. The molecule has 4 aromatic rings. The van der Waals surface area contributed by atoms with Crippen LogP contribution in [0.4, 0.5) is 5.69 Å². The Morgan fingerprint density at radius 3 is 2.50 bits per heavy atom. The third kappa shape index (κ3) is 4.17. The van der Waals surface area contributed by atoms with E-state index in [4.69, 9.17) is 16.7 Å². The van der Waals surface area contributed by atoms with Crippen molar-refractivity contribution in [2.75, 3.05) is 31.1 Å². The van der Waals surface area contributed by atoms with Gasteiger partial charge in [0.1, 0.15) is 6.33 Å². The monoisotopic (exact) mass is 472 g/mol. The Morgan fingerprint density at radius 1 is 0.853 bits per heavy atom. The van der Waals surface area contributed by atoms with Gasteiger partial charge in [-0.3, -0.25) is 4.90 Å². The average molecular weight is 473 g/mol. The Balaban J connectivity index is 1.19. The van der Waals surface area contributed by atoms with Gasteiger partial charge in [0.05, 0.1) is 10.7 Å². The Morgan fingerprint density at radius 2 is 1.68 bits per heavy atom. The first kappa shape index (κ1) is 21.6. The second-order valence-electron chi connectivity index (χ2n) is 9.35. The fraction of sp³-hybridized carbons (Fsp3) is 0.370. The predicted octanol–water partition coefficient (Wildman–Crippen LogP) is 5.59. The van der Waals surface area contributed by atoms with Crippen molar-refractivity contribution in [2.45, 2.75) is 38.1 Å². The van der Waals surface area contributed by atoms with Crippen molar-refractivity contribution in [3.63, 3.8) is 0 Å². The summed E-state index contributed by atoms with van der Waals surface area (Å²) in [6, 6.07) is 17.1. The van der Waals surface area contributed by atoms with Crippen LogP contribution in [0.1, 0.15) is 32.1 Å². The highest BCUT2D eigenvalue weighted by Gasteiger charge is 2.26. The maximum atomic E-state index is 6.77. The minimum Gasteiger partial charge on any atom is -0.368 e. The van der Waals surface area contributed by atoms with Gasteiger partial charge in [0, 0.05) is 49.4 Å². The van der Waals surface area contributed by atoms with Gasteiger partial charge in [-0.2, -0.15) is 0 Å². The van der Waals surface area contributed by atoms with Crippen molar-refractivity contribution >= 4 is 28.1 Å². The highest BCUT2D eigenvalue weighted by molar-refractivity contribution is 6.33. The van der Waals surface area contributed by atoms with Crippen LogP contribution in [0, 0.1) is 0 Å². The molecule has 3 heterocycles. The van der Waals surface area contributed by atoms with Gasteiger partial charge < -0.3 is 4.90 Å². The molecule has 1 saturated heterocycles. The van der Waals surface area contributed by atoms with E-state index < -0.39 is 0 Å². The summed E-state index contributed by atoms with van der Waals surface area (Å²) in [6.07, 6.45) is 10.4. The van der Waals surface area contributed by atoms with Crippen molar-refractivity contribution in [1.82, 2.24) is 24.6 Å². The van der Waals surface area contributed by atoms with Gasteiger partial charge in [-0.25, -0.2) is 14.6 Å². The number of pyridine rings is 1. The van der Waals surface area contributed by atoms with Crippen LogP contribution in [0.5, 0.6) is 0 Å². The van der Waals surface area contributed by atoms with E-state index in [1.54, 1.807) is 17.2 Å². The minimum absolute atomic E-state index is 0.644. The van der Waals surface area contributed by atoms with E-state index in [0.29, 0.717) is 5.82 Å². The topological polar surface area (TPSA) is 50.1 Å². The number of halogens is 1. The third-order valence-electron chi connectivity index (χ3n) is 7.31. The minimum atomic E-state index is 0.644. The molecular weight excluding hydrogens is 444 g/mol. The van der Waals surface area contributed by atoms with Crippen molar-refractivity contribution in [1.29, 1.82) is 0 Å². The number of anilines is 1. The van der Waals surface area contributed by atoms with Crippen LogP contribution in [0.2, 0.25) is 5.02 Å². The summed E-state index contributed by atoms with van der Waals surface area (Å²) in [4.78, 5) is 14.2. The van der Waals surface area contributed by atoms with Gasteiger partial charge in [0.15, 0.2) is 11.6 Å². The Kier molecular flexibility index (Phi) is 5.93. The van der Waals surface area contributed by atoms with E-state index >= 15 is 0 Å². The fourth-order valence-electron chi connectivity index (χ4n) is 5.46. The van der Waals surface area contributed by atoms with E-state index in [2.05, 4.69) is 44.0 Å². The number of benzene rings is 2. The number of piperazine rings is 1. The zero-order chi connectivity index (χ0) is 22.9. The van der Waals surface area contributed by atoms with Crippen molar-refractivity contribution < 1.29 is 0 Å². The standard InChI is InChI=1S/C27H29ClN6/c28-24-18-21(10-11-25(24)33-16-14-32(15-17-33)22-7-2-1-3-8-22)26-30-19-34(31-26)27-23-9-5-4-6-20(23)12-13-29-27/h4-6,9-13,18-19,22H,1-3,7-8,14-17H2. The van der Waals surface area contributed by atoms with Gasteiger partial charge in [0.2, 0.25) is 0 Å². The molecule has 0 N–H and O–H groups in total. The average Bonchev–Trinajstić information content (AvgIpc) is 3.39. The molecule has 1 aliphatic carbocycles.